The van der Waals surface area contributed by atoms with Crippen LogP contribution < -0.4 is 5.43 Å². The molecule has 6 nitrogen and oxygen atoms in total. The van der Waals surface area contributed by atoms with Crippen LogP contribution in [-0.2, 0) is 11.3 Å². The molecule has 0 aliphatic carbocycles. The number of carboxylic acids is 1. The summed E-state index contributed by atoms with van der Waals surface area (Å²) in [5.74, 6) is -3.10. The van der Waals surface area contributed by atoms with Crippen LogP contribution in [0.4, 0.5) is 0 Å². The van der Waals surface area contributed by atoms with Crippen molar-refractivity contribution in [3.63, 3.8) is 0 Å². The summed E-state index contributed by atoms with van der Waals surface area (Å²) >= 11 is 0. The first-order valence-corrected chi connectivity index (χ1v) is 4.23. The SMILES string of the molecule is CCOCc1cc(=O)c(O)c(C(=O)O)o1. The Kier molecular flexibility index (Phi) is 3.46. The summed E-state index contributed by atoms with van der Waals surface area (Å²) in [7, 11) is 0. The third kappa shape index (κ3) is 2.57. The number of hydrogen-bond donors (Lipinski definition) is 2. The van der Waals surface area contributed by atoms with Gasteiger partial charge in [-0.05, 0) is 6.92 Å². The van der Waals surface area contributed by atoms with E-state index in [1.54, 1.807) is 6.92 Å². The summed E-state index contributed by atoms with van der Waals surface area (Å²) < 4.78 is 9.72. The highest BCUT2D eigenvalue weighted by molar-refractivity contribution is 5.87. The standard InChI is InChI=1S/C9H10O6/c1-2-14-4-5-3-6(10)7(11)8(15-5)9(12)13/h3,11H,2,4H2,1H3,(H,12,13). The van der Waals surface area contributed by atoms with Crippen LogP contribution in [0.3, 0.4) is 0 Å². The van der Waals surface area contributed by atoms with E-state index >= 15 is 0 Å². The monoisotopic (exact) mass is 214 g/mol. The average Bonchev–Trinajstić information content (AvgIpc) is 2.19. The molecule has 15 heavy (non-hydrogen) atoms. The minimum absolute atomic E-state index is 0.00764. The molecule has 0 atom stereocenters. The fraction of sp³-hybridized carbons (Fsp3) is 0.333. The molecule has 0 fully saturated rings. The zero-order chi connectivity index (χ0) is 11.4. The summed E-state index contributed by atoms with van der Waals surface area (Å²) in [6.07, 6.45) is 0. The van der Waals surface area contributed by atoms with Crippen LogP contribution in [0.5, 0.6) is 5.75 Å². The maximum absolute atomic E-state index is 11.1. The Balaban J connectivity index is 3.12. The Morgan fingerprint density at radius 3 is 2.80 bits per heavy atom. The Morgan fingerprint density at radius 2 is 2.27 bits per heavy atom. The molecule has 82 valence electrons. The summed E-state index contributed by atoms with van der Waals surface area (Å²) in [5, 5.41) is 17.7. The molecule has 0 bridgehead atoms. The normalized spacial score (nSPS) is 10.2. The molecule has 2 N–H and O–H groups in total. The highest BCUT2D eigenvalue weighted by atomic mass is 16.5. The molecule has 0 spiro atoms. The number of rotatable bonds is 4. The number of aromatic carboxylic acids is 1. The van der Waals surface area contributed by atoms with Gasteiger partial charge >= 0.3 is 5.97 Å². The number of ether oxygens (including phenoxy) is 1. The lowest BCUT2D eigenvalue weighted by Gasteiger charge is -2.03. The maximum atomic E-state index is 11.1. The zero-order valence-corrected chi connectivity index (χ0v) is 8.02. The maximum Gasteiger partial charge on any atom is 0.375 e. The molecular weight excluding hydrogens is 204 g/mol. The van der Waals surface area contributed by atoms with Gasteiger partial charge in [0.25, 0.3) is 5.76 Å². The molecule has 1 aromatic rings. The van der Waals surface area contributed by atoms with Crippen molar-refractivity contribution in [2.45, 2.75) is 13.5 Å². The van der Waals surface area contributed by atoms with Crippen LogP contribution in [0.15, 0.2) is 15.3 Å². The second-order valence-electron chi connectivity index (χ2n) is 2.70. The predicted octanol–water partition coefficient (Wildman–Crippen LogP) is 0.580. The molecule has 0 unspecified atom stereocenters. The molecule has 0 aliphatic rings. The largest absolute Gasteiger partial charge is 0.501 e. The van der Waals surface area contributed by atoms with Crippen molar-refractivity contribution in [2.24, 2.45) is 0 Å². The van der Waals surface area contributed by atoms with Crippen molar-refractivity contribution < 1.29 is 24.2 Å². The summed E-state index contributed by atoms with van der Waals surface area (Å²) in [5.41, 5.74) is -0.798. The second kappa shape index (κ2) is 4.61. The quantitative estimate of drug-likeness (QED) is 0.760. The zero-order valence-electron chi connectivity index (χ0n) is 8.02. The van der Waals surface area contributed by atoms with Gasteiger partial charge in [-0.2, -0.15) is 0 Å². The summed E-state index contributed by atoms with van der Waals surface area (Å²) in [4.78, 5) is 21.7. The van der Waals surface area contributed by atoms with E-state index in [0.29, 0.717) is 6.61 Å². The van der Waals surface area contributed by atoms with E-state index in [1.807, 2.05) is 0 Å². The molecule has 0 saturated heterocycles. The van der Waals surface area contributed by atoms with Crippen LogP contribution >= 0.6 is 0 Å². The van der Waals surface area contributed by atoms with E-state index in [4.69, 9.17) is 19.4 Å². The van der Waals surface area contributed by atoms with Gasteiger partial charge < -0.3 is 19.4 Å². The lowest BCUT2D eigenvalue weighted by molar-refractivity contribution is 0.0636. The van der Waals surface area contributed by atoms with Gasteiger partial charge in [0.1, 0.15) is 12.4 Å². The topological polar surface area (TPSA) is 97.0 Å². The number of aromatic hydroxyl groups is 1. The molecule has 1 aromatic heterocycles. The van der Waals surface area contributed by atoms with Crippen LogP contribution in [0.25, 0.3) is 0 Å². The van der Waals surface area contributed by atoms with Crippen LogP contribution in [0.2, 0.25) is 0 Å². The number of hydrogen-bond acceptors (Lipinski definition) is 5. The predicted molar refractivity (Wildman–Crippen MR) is 48.9 cm³/mol. The van der Waals surface area contributed by atoms with Gasteiger partial charge in [-0.15, -0.1) is 0 Å². The smallest absolute Gasteiger partial charge is 0.375 e. The van der Waals surface area contributed by atoms with E-state index in [9.17, 15) is 9.59 Å². The van der Waals surface area contributed by atoms with Crippen molar-refractivity contribution in [1.82, 2.24) is 0 Å². The Hall–Kier alpha value is -1.82. The first-order valence-electron chi connectivity index (χ1n) is 4.23. The van der Waals surface area contributed by atoms with Crippen molar-refractivity contribution in [1.29, 1.82) is 0 Å². The lowest BCUT2D eigenvalue weighted by Crippen LogP contribution is -2.09. The molecule has 1 heterocycles. The molecule has 0 amide bonds. The van der Waals surface area contributed by atoms with Gasteiger partial charge in [0, 0.05) is 12.7 Å². The Morgan fingerprint density at radius 1 is 1.60 bits per heavy atom. The Bertz CT molecular complexity index is 419. The van der Waals surface area contributed by atoms with Crippen LogP contribution in [-0.4, -0.2) is 22.8 Å². The van der Waals surface area contributed by atoms with Gasteiger partial charge in [0.2, 0.25) is 11.2 Å². The van der Waals surface area contributed by atoms with E-state index < -0.39 is 22.9 Å². The fourth-order valence-corrected chi connectivity index (χ4v) is 0.954. The highest BCUT2D eigenvalue weighted by Crippen LogP contribution is 2.13. The van der Waals surface area contributed by atoms with Crippen LogP contribution in [0.1, 0.15) is 23.2 Å². The minimum atomic E-state index is -1.50. The van der Waals surface area contributed by atoms with Gasteiger partial charge in [0.15, 0.2) is 0 Å². The molecule has 6 heteroatoms. The third-order valence-corrected chi connectivity index (χ3v) is 1.62. The third-order valence-electron chi connectivity index (χ3n) is 1.62. The molecule has 0 aromatic carbocycles. The average molecular weight is 214 g/mol. The first-order chi connectivity index (χ1) is 7.06. The summed E-state index contributed by atoms with van der Waals surface area (Å²) in [6, 6.07) is 0.997. The fourth-order valence-electron chi connectivity index (χ4n) is 0.954. The second-order valence-corrected chi connectivity index (χ2v) is 2.70. The first kappa shape index (κ1) is 11.3. The van der Waals surface area contributed by atoms with Crippen molar-refractivity contribution in [2.75, 3.05) is 6.61 Å². The van der Waals surface area contributed by atoms with E-state index in [0.717, 1.165) is 6.07 Å². The molecule has 0 radical (unpaired) electrons. The van der Waals surface area contributed by atoms with Crippen LogP contribution in [0, 0.1) is 0 Å². The highest BCUT2D eigenvalue weighted by Gasteiger charge is 2.17. The van der Waals surface area contributed by atoms with Crippen molar-refractivity contribution in [3.8, 4) is 5.75 Å². The van der Waals surface area contributed by atoms with E-state index in [2.05, 4.69) is 0 Å². The van der Waals surface area contributed by atoms with E-state index in [1.165, 1.54) is 0 Å². The summed E-state index contributed by atoms with van der Waals surface area (Å²) in [6.45, 7) is 2.15. The number of carboxylic acid groups (broad SMARTS) is 1. The van der Waals surface area contributed by atoms with Gasteiger partial charge in [-0.25, -0.2) is 4.79 Å². The van der Waals surface area contributed by atoms with Crippen molar-refractivity contribution in [3.05, 3.63) is 27.8 Å². The molecule has 1 rings (SSSR count). The van der Waals surface area contributed by atoms with Gasteiger partial charge in [-0.3, -0.25) is 4.79 Å². The minimum Gasteiger partial charge on any atom is -0.501 e. The van der Waals surface area contributed by atoms with Gasteiger partial charge in [-0.1, -0.05) is 0 Å². The Labute approximate surface area is 84.7 Å². The molecule has 0 saturated carbocycles. The molecular formula is C9H10O6. The van der Waals surface area contributed by atoms with E-state index in [-0.39, 0.29) is 12.4 Å². The van der Waals surface area contributed by atoms with Crippen molar-refractivity contribution >= 4 is 5.97 Å². The molecule has 0 aliphatic heterocycles. The van der Waals surface area contributed by atoms with Gasteiger partial charge in [0.05, 0.1) is 0 Å². The lowest BCUT2D eigenvalue weighted by atomic mass is 10.3. The number of carbonyl (C=O) groups is 1.